The van der Waals surface area contributed by atoms with E-state index in [1.807, 2.05) is 17.4 Å². The molecule has 0 aliphatic rings. The molecule has 0 N–H and O–H groups in total. The summed E-state index contributed by atoms with van der Waals surface area (Å²) in [5.41, 5.74) is 12.8. The molecule has 2 nitrogen and oxygen atoms in total. The molecular weight excluding hydrogens is 681 g/mol. The first-order valence-electron chi connectivity index (χ1n) is 17.8. The second-order valence-corrected chi connectivity index (χ2v) is 15.3. The minimum absolute atomic E-state index is 1.07. The van der Waals surface area contributed by atoms with E-state index in [1.165, 1.54) is 63.8 Å². The quantitative estimate of drug-likeness (QED) is 0.164. The van der Waals surface area contributed by atoms with E-state index in [9.17, 15) is 0 Å². The van der Waals surface area contributed by atoms with Crippen LogP contribution in [-0.2, 0) is 0 Å². The number of anilines is 3. The van der Waals surface area contributed by atoms with Crippen LogP contribution in [0.25, 0.3) is 74.3 Å². The van der Waals surface area contributed by atoms with Crippen LogP contribution in [0.4, 0.5) is 17.1 Å². The smallest absolute Gasteiger partial charge is 0.124 e. The van der Waals surface area contributed by atoms with Crippen LogP contribution in [0.2, 0.25) is 0 Å². The van der Waals surface area contributed by atoms with Gasteiger partial charge in [0.25, 0.3) is 0 Å². The Morgan fingerprint density at radius 2 is 0.755 bits per heavy atom. The fourth-order valence-electron chi connectivity index (χ4n) is 7.20. The van der Waals surface area contributed by atoms with Crippen molar-refractivity contribution < 1.29 is 0 Å². The molecule has 0 unspecified atom stereocenters. The van der Waals surface area contributed by atoms with E-state index in [0.29, 0.717) is 0 Å². The van der Waals surface area contributed by atoms with Crippen molar-refractivity contribution in [3.63, 3.8) is 0 Å². The molecule has 0 fully saturated rings. The number of aromatic nitrogens is 1. The maximum Gasteiger partial charge on any atom is 0.124 e. The van der Waals surface area contributed by atoms with Gasteiger partial charge in [-0.25, -0.2) is 4.98 Å². The number of rotatable bonds is 7. The summed E-state index contributed by atoms with van der Waals surface area (Å²) in [7, 11) is 0. The summed E-state index contributed by atoms with van der Waals surface area (Å²) in [4.78, 5) is 7.33. The number of benzene rings is 8. The molecule has 53 heavy (non-hydrogen) atoms. The third-order valence-electron chi connectivity index (χ3n) is 9.93. The third-order valence-corrected chi connectivity index (χ3v) is 12.1. The van der Waals surface area contributed by atoms with Gasteiger partial charge in [0, 0.05) is 42.8 Å². The highest BCUT2D eigenvalue weighted by atomic mass is 32.1. The van der Waals surface area contributed by atoms with Crippen molar-refractivity contribution in [3.8, 4) is 44.0 Å². The lowest BCUT2D eigenvalue weighted by Crippen LogP contribution is -2.09. The molecule has 4 heteroatoms. The lowest BCUT2D eigenvalue weighted by atomic mass is 10.0. The van der Waals surface area contributed by atoms with Gasteiger partial charge in [-0.2, -0.15) is 0 Å². The van der Waals surface area contributed by atoms with Crippen LogP contribution in [0.5, 0.6) is 0 Å². The van der Waals surface area contributed by atoms with Gasteiger partial charge < -0.3 is 4.90 Å². The monoisotopic (exact) mass is 712 g/mol. The molecular formula is C49H32N2S2. The van der Waals surface area contributed by atoms with E-state index in [1.54, 1.807) is 11.3 Å². The summed E-state index contributed by atoms with van der Waals surface area (Å²) in [5, 5.41) is 3.67. The summed E-state index contributed by atoms with van der Waals surface area (Å²) in [5.74, 6) is 0. The predicted molar refractivity (Wildman–Crippen MR) is 229 cm³/mol. The largest absolute Gasteiger partial charge is 0.311 e. The highest BCUT2D eigenvalue weighted by Gasteiger charge is 2.15. The normalized spacial score (nSPS) is 11.4. The highest BCUT2D eigenvalue weighted by molar-refractivity contribution is 7.26. The van der Waals surface area contributed by atoms with Crippen LogP contribution in [0.15, 0.2) is 194 Å². The van der Waals surface area contributed by atoms with E-state index in [-0.39, 0.29) is 0 Å². The van der Waals surface area contributed by atoms with Crippen LogP contribution in [0.1, 0.15) is 0 Å². The molecule has 0 amide bonds. The molecule has 250 valence electrons. The Bertz CT molecular complexity index is 2760. The molecule has 10 rings (SSSR count). The molecule has 10 aromatic rings. The number of thiazole rings is 1. The molecule has 0 saturated heterocycles. The van der Waals surface area contributed by atoms with Crippen molar-refractivity contribution in [2.45, 2.75) is 0 Å². The van der Waals surface area contributed by atoms with Crippen molar-refractivity contribution in [3.05, 3.63) is 194 Å². The summed E-state index contributed by atoms with van der Waals surface area (Å²) in [6.45, 7) is 0. The fourth-order valence-corrected chi connectivity index (χ4v) is 9.35. The summed E-state index contributed by atoms with van der Waals surface area (Å²) in [6.07, 6.45) is 0. The van der Waals surface area contributed by atoms with Gasteiger partial charge in [0.2, 0.25) is 0 Å². The van der Waals surface area contributed by atoms with Crippen molar-refractivity contribution in [2.24, 2.45) is 0 Å². The van der Waals surface area contributed by atoms with Crippen molar-refractivity contribution in [1.29, 1.82) is 0 Å². The second kappa shape index (κ2) is 13.3. The molecule has 0 atom stereocenters. The maximum atomic E-state index is 4.99. The predicted octanol–water partition coefficient (Wildman–Crippen LogP) is 14.8. The first-order valence-corrected chi connectivity index (χ1v) is 19.4. The summed E-state index contributed by atoms with van der Waals surface area (Å²) < 4.78 is 3.79. The zero-order valence-corrected chi connectivity index (χ0v) is 30.3. The number of nitrogens with zero attached hydrogens (tertiary/aromatic N) is 2. The SMILES string of the molecule is c1ccc(-c2ccc(N(c3ccc(-c4ccccc4)cc3)c3ccc(-c4ccc5c(c4)sc4cc6nc(-c7ccccc7)sc6cc45)cc3)cc2)cc1. The third kappa shape index (κ3) is 5.98. The zero-order valence-electron chi connectivity index (χ0n) is 28.7. The lowest BCUT2D eigenvalue weighted by molar-refractivity contribution is 1.28. The second-order valence-electron chi connectivity index (χ2n) is 13.2. The van der Waals surface area contributed by atoms with Crippen molar-refractivity contribution in [2.75, 3.05) is 4.90 Å². The molecule has 2 aromatic heterocycles. The summed E-state index contributed by atoms with van der Waals surface area (Å²) in [6, 6.07) is 69.8. The molecule has 0 saturated carbocycles. The van der Waals surface area contributed by atoms with Gasteiger partial charge in [-0.15, -0.1) is 22.7 Å². The molecule has 0 spiro atoms. The Morgan fingerprint density at radius 1 is 0.321 bits per heavy atom. The Morgan fingerprint density at radius 3 is 1.28 bits per heavy atom. The Kier molecular flexibility index (Phi) is 7.90. The zero-order chi connectivity index (χ0) is 35.1. The topological polar surface area (TPSA) is 16.1 Å². The van der Waals surface area contributed by atoms with Gasteiger partial charge in [0.15, 0.2) is 0 Å². The Balaban J connectivity index is 0.986. The molecule has 0 aliphatic carbocycles. The van der Waals surface area contributed by atoms with Crippen LogP contribution < -0.4 is 4.90 Å². The fraction of sp³-hybridized carbons (Fsp3) is 0. The van der Waals surface area contributed by atoms with E-state index in [0.717, 1.165) is 27.6 Å². The van der Waals surface area contributed by atoms with Crippen LogP contribution >= 0.6 is 22.7 Å². The minimum Gasteiger partial charge on any atom is -0.311 e. The number of fused-ring (bicyclic) bond motifs is 4. The molecule has 0 aliphatic heterocycles. The van der Waals surface area contributed by atoms with E-state index >= 15 is 0 Å². The van der Waals surface area contributed by atoms with E-state index < -0.39 is 0 Å². The van der Waals surface area contributed by atoms with Gasteiger partial charge in [-0.3, -0.25) is 0 Å². The van der Waals surface area contributed by atoms with Crippen LogP contribution in [0.3, 0.4) is 0 Å². The minimum atomic E-state index is 1.07. The molecule has 8 aromatic carbocycles. The summed E-state index contributed by atoms with van der Waals surface area (Å²) >= 11 is 3.61. The number of thiophene rings is 1. The lowest BCUT2D eigenvalue weighted by Gasteiger charge is -2.26. The first kappa shape index (κ1) is 31.4. The van der Waals surface area contributed by atoms with Crippen LogP contribution in [0, 0.1) is 0 Å². The van der Waals surface area contributed by atoms with Gasteiger partial charge in [0.05, 0.1) is 10.2 Å². The average Bonchev–Trinajstić information content (AvgIpc) is 3.82. The van der Waals surface area contributed by atoms with Gasteiger partial charge in [-0.05, 0) is 88.0 Å². The molecule has 2 heterocycles. The van der Waals surface area contributed by atoms with Gasteiger partial charge in [0.1, 0.15) is 5.01 Å². The van der Waals surface area contributed by atoms with Gasteiger partial charge >= 0.3 is 0 Å². The maximum absolute atomic E-state index is 4.99. The molecule has 0 radical (unpaired) electrons. The average molecular weight is 713 g/mol. The van der Waals surface area contributed by atoms with Crippen LogP contribution in [-0.4, -0.2) is 4.98 Å². The van der Waals surface area contributed by atoms with Gasteiger partial charge in [-0.1, -0.05) is 140 Å². The molecule has 0 bridgehead atoms. The Labute approximate surface area is 316 Å². The van der Waals surface area contributed by atoms with E-state index in [2.05, 4.69) is 193 Å². The number of hydrogen-bond donors (Lipinski definition) is 0. The van der Waals surface area contributed by atoms with E-state index in [4.69, 9.17) is 4.98 Å². The first-order chi connectivity index (χ1) is 26.2. The Hall–Kier alpha value is -6.33. The number of hydrogen-bond acceptors (Lipinski definition) is 4. The van der Waals surface area contributed by atoms with Crippen molar-refractivity contribution in [1.82, 2.24) is 4.98 Å². The van der Waals surface area contributed by atoms with Crippen molar-refractivity contribution >= 4 is 70.1 Å². The highest BCUT2D eigenvalue weighted by Crippen LogP contribution is 2.42. The standard InChI is InChI=1S/C49H32N2S2/c1-4-10-33(11-5-1)35-16-23-40(24-17-35)51(41-25-18-36(19-26-41)34-12-6-2-7-13-34)42-27-20-37(21-28-42)39-22-29-43-44-31-48-45(32-47(44)52-46(43)30-39)50-49(53-48)38-14-8-3-9-15-38/h1-32H.